The highest BCUT2D eigenvalue weighted by Crippen LogP contribution is 2.16. The van der Waals surface area contributed by atoms with E-state index >= 15 is 0 Å². The molecule has 0 radical (unpaired) electrons. The van der Waals surface area contributed by atoms with Crippen LogP contribution in [0, 0.1) is 11.7 Å². The van der Waals surface area contributed by atoms with Gasteiger partial charge in [-0.25, -0.2) is 14.0 Å². The van der Waals surface area contributed by atoms with E-state index in [2.05, 4.69) is 26.0 Å². The van der Waals surface area contributed by atoms with Crippen LogP contribution in [0.4, 0.5) is 4.39 Å². The zero-order valence-electron chi connectivity index (χ0n) is 13.6. The number of benzene rings is 1. The molecule has 0 aliphatic carbocycles. The Bertz CT molecular complexity index is 620. The molecule has 1 aromatic carbocycles. The Morgan fingerprint density at radius 3 is 2.50 bits per heavy atom. The lowest BCUT2D eigenvalue weighted by atomic mass is 10.0. The maximum absolute atomic E-state index is 13.6. The van der Waals surface area contributed by atoms with Gasteiger partial charge in [-0.15, -0.1) is 0 Å². The van der Waals surface area contributed by atoms with Crippen LogP contribution in [0.25, 0.3) is 0 Å². The van der Waals surface area contributed by atoms with Gasteiger partial charge in [-0.05, 0) is 30.5 Å². The van der Waals surface area contributed by atoms with Crippen molar-refractivity contribution in [2.24, 2.45) is 5.92 Å². The van der Waals surface area contributed by atoms with Crippen LogP contribution in [0.1, 0.15) is 30.6 Å². The van der Waals surface area contributed by atoms with Crippen LogP contribution in [0.15, 0.2) is 22.7 Å². The van der Waals surface area contributed by atoms with E-state index in [1.54, 1.807) is 0 Å². The first-order chi connectivity index (χ1) is 11.2. The first-order valence-electron chi connectivity index (χ1n) is 7.24. The third kappa shape index (κ3) is 6.27. The molecule has 1 amide bonds. The number of hydrogen-bond donors (Lipinski definition) is 1. The molecule has 8 heteroatoms. The van der Waals surface area contributed by atoms with Gasteiger partial charge in [-0.2, -0.15) is 0 Å². The highest BCUT2D eigenvalue weighted by atomic mass is 79.9. The van der Waals surface area contributed by atoms with E-state index in [1.165, 1.54) is 19.2 Å². The van der Waals surface area contributed by atoms with Crippen molar-refractivity contribution >= 4 is 33.8 Å². The molecular formula is C16H19BrFNO5. The summed E-state index contributed by atoms with van der Waals surface area (Å²) in [7, 11) is 1.22. The van der Waals surface area contributed by atoms with Gasteiger partial charge in [0.2, 0.25) is 0 Å². The van der Waals surface area contributed by atoms with Crippen molar-refractivity contribution < 1.29 is 28.2 Å². The molecule has 0 aliphatic heterocycles. The number of ether oxygens (including phenoxy) is 2. The third-order valence-corrected chi connectivity index (χ3v) is 3.51. The Hall–Kier alpha value is -1.96. The molecule has 1 aromatic rings. The largest absolute Gasteiger partial charge is 0.467 e. The number of rotatable bonds is 7. The van der Waals surface area contributed by atoms with Gasteiger partial charge in [0.05, 0.1) is 12.7 Å². The van der Waals surface area contributed by atoms with E-state index in [1.807, 2.05) is 13.8 Å². The lowest BCUT2D eigenvalue weighted by molar-refractivity contribution is -0.145. The zero-order chi connectivity index (χ0) is 18.3. The van der Waals surface area contributed by atoms with Crippen LogP contribution < -0.4 is 5.32 Å². The molecule has 0 aromatic heterocycles. The van der Waals surface area contributed by atoms with E-state index in [-0.39, 0.29) is 11.5 Å². The molecule has 0 aliphatic rings. The van der Waals surface area contributed by atoms with Gasteiger partial charge in [-0.1, -0.05) is 29.8 Å². The first-order valence-corrected chi connectivity index (χ1v) is 8.03. The van der Waals surface area contributed by atoms with E-state index in [9.17, 15) is 18.8 Å². The normalized spacial score (nSPS) is 11.8. The standard InChI is InChI=1S/C16H19BrFNO5/c1-9(2)6-13(16(22)23-3)19-14(20)8-24-15(21)11-5-4-10(17)7-12(11)18/h4-5,7,9,13H,6,8H2,1-3H3,(H,19,20). The molecule has 0 heterocycles. The Balaban J connectivity index is 2.60. The van der Waals surface area contributed by atoms with Crippen LogP contribution in [-0.2, 0) is 19.1 Å². The Morgan fingerprint density at radius 1 is 1.29 bits per heavy atom. The highest BCUT2D eigenvalue weighted by molar-refractivity contribution is 9.10. The Labute approximate surface area is 147 Å². The van der Waals surface area contributed by atoms with Crippen molar-refractivity contribution in [2.75, 3.05) is 13.7 Å². The van der Waals surface area contributed by atoms with Gasteiger partial charge in [0.15, 0.2) is 6.61 Å². The summed E-state index contributed by atoms with van der Waals surface area (Å²) in [5.74, 6) is -2.83. The molecule has 1 rings (SSSR count). The lowest BCUT2D eigenvalue weighted by Gasteiger charge is -2.18. The first kappa shape index (κ1) is 20.1. The maximum Gasteiger partial charge on any atom is 0.341 e. The topological polar surface area (TPSA) is 81.7 Å². The van der Waals surface area contributed by atoms with E-state index in [0.717, 1.165) is 6.07 Å². The van der Waals surface area contributed by atoms with Crippen LogP contribution >= 0.6 is 15.9 Å². The SMILES string of the molecule is COC(=O)C(CC(C)C)NC(=O)COC(=O)c1ccc(Br)cc1F. The van der Waals surface area contributed by atoms with Crippen molar-refractivity contribution in [1.82, 2.24) is 5.32 Å². The maximum atomic E-state index is 13.6. The molecule has 1 atom stereocenters. The molecule has 6 nitrogen and oxygen atoms in total. The minimum absolute atomic E-state index is 0.147. The second-order valence-corrected chi connectivity index (χ2v) is 6.39. The van der Waals surface area contributed by atoms with Gasteiger partial charge in [0.1, 0.15) is 11.9 Å². The molecule has 1 N–H and O–H groups in total. The molecular weight excluding hydrogens is 385 g/mol. The molecule has 24 heavy (non-hydrogen) atoms. The van der Waals surface area contributed by atoms with Gasteiger partial charge < -0.3 is 14.8 Å². The average Bonchev–Trinajstić information content (AvgIpc) is 2.50. The van der Waals surface area contributed by atoms with E-state index in [4.69, 9.17) is 4.74 Å². The number of amides is 1. The second-order valence-electron chi connectivity index (χ2n) is 5.47. The number of nitrogens with one attached hydrogen (secondary N) is 1. The number of halogens is 2. The van der Waals surface area contributed by atoms with Crippen molar-refractivity contribution in [1.29, 1.82) is 0 Å². The molecule has 0 spiro atoms. The van der Waals surface area contributed by atoms with Crippen molar-refractivity contribution in [2.45, 2.75) is 26.3 Å². The van der Waals surface area contributed by atoms with Crippen LogP contribution in [0.3, 0.4) is 0 Å². The van der Waals surface area contributed by atoms with Crippen molar-refractivity contribution in [3.05, 3.63) is 34.1 Å². The van der Waals surface area contributed by atoms with Gasteiger partial charge in [-0.3, -0.25) is 4.79 Å². The minimum atomic E-state index is -0.964. The molecule has 0 fully saturated rings. The monoisotopic (exact) mass is 403 g/mol. The van der Waals surface area contributed by atoms with Gasteiger partial charge >= 0.3 is 11.9 Å². The quantitative estimate of drug-likeness (QED) is 0.707. The summed E-state index contributed by atoms with van der Waals surface area (Å²) in [6.07, 6.45) is 0.383. The number of carbonyl (C=O) groups is 3. The predicted octanol–water partition coefficient (Wildman–Crippen LogP) is 2.45. The van der Waals surface area contributed by atoms with Gasteiger partial charge in [0, 0.05) is 4.47 Å². The van der Waals surface area contributed by atoms with Gasteiger partial charge in [0.25, 0.3) is 5.91 Å². The summed E-state index contributed by atoms with van der Waals surface area (Å²) >= 11 is 3.07. The molecule has 0 saturated carbocycles. The van der Waals surface area contributed by atoms with E-state index < -0.39 is 36.3 Å². The van der Waals surface area contributed by atoms with Crippen LogP contribution in [-0.4, -0.2) is 37.6 Å². The number of methoxy groups -OCH3 is 1. The number of hydrogen-bond acceptors (Lipinski definition) is 5. The Morgan fingerprint density at radius 2 is 1.96 bits per heavy atom. The summed E-state index contributed by atoms with van der Waals surface area (Å²) in [6.45, 7) is 3.15. The summed E-state index contributed by atoms with van der Waals surface area (Å²) < 4.78 is 23.5. The van der Waals surface area contributed by atoms with E-state index in [0.29, 0.717) is 10.9 Å². The molecule has 1 unspecified atom stereocenters. The smallest absolute Gasteiger partial charge is 0.341 e. The molecule has 132 valence electrons. The molecule has 0 bridgehead atoms. The van der Waals surface area contributed by atoms with Crippen molar-refractivity contribution in [3.63, 3.8) is 0 Å². The fourth-order valence-electron chi connectivity index (χ4n) is 1.93. The number of esters is 2. The number of carbonyl (C=O) groups excluding carboxylic acids is 3. The fourth-order valence-corrected chi connectivity index (χ4v) is 2.26. The summed E-state index contributed by atoms with van der Waals surface area (Å²) in [6, 6.07) is 3.02. The summed E-state index contributed by atoms with van der Waals surface area (Å²) in [5, 5.41) is 2.44. The average molecular weight is 404 g/mol. The summed E-state index contributed by atoms with van der Waals surface area (Å²) in [5.41, 5.74) is -0.280. The Kier molecular flexibility index (Phi) is 7.84. The zero-order valence-corrected chi connectivity index (χ0v) is 15.2. The third-order valence-electron chi connectivity index (χ3n) is 3.01. The second kappa shape index (κ2) is 9.36. The lowest BCUT2D eigenvalue weighted by Crippen LogP contribution is -2.44. The highest BCUT2D eigenvalue weighted by Gasteiger charge is 2.23. The predicted molar refractivity (Wildman–Crippen MR) is 87.8 cm³/mol. The summed E-state index contributed by atoms with van der Waals surface area (Å²) in [4.78, 5) is 35.2. The minimum Gasteiger partial charge on any atom is -0.467 e. The van der Waals surface area contributed by atoms with Crippen LogP contribution in [0.5, 0.6) is 0 Å². The molecule has 0 saturated heterocycles. The van der Waals surface area contributed by atoms with Crippen molar-refractivity contribution in [3.8, 4) is 0 Å². The van der Waals surface area contributed by atoms with Crippen LogP contribution in [0.2, 0.25) is 0 Å². The fraction of sp³-hybridized carbons (Fsp3) is 0.438.